The van der Waals surface area contributed by atoms with E-state index >= 15 is 0 Å². The molecule has 3 nitrogen and oxygen atoms in total. The summed E-state index contributed by atoms with van der Waals surface area (Å²) in [4.78, 5) is 1.72. The zero-order valence-corrected chi connectivity index (χ0v) is 6.89. The first-order chi connectivity index (χ1) is 5.14. The minimum Gasteiger partial charge on any atom is -0.331 e. The van der Waals surface area contributed by atoms with E-state index in [4.69, 9.17) is 7.85 Å². The lowest BCUT2D eigenvalue weighted by molar-refractivity contribution is 0.424. The topological polar surface area (TPSA) is 37.4 Å². The maximum absolute atomic E-state index is 10.9. The molecule has 1 fully saturated rings. The third kappa shape index (κ3) is 2.47. The van der Waals surface area contributed by atoms with Crippen molar-refractivity contribution in [2.24, 2.45) is 0 Å². The van der Waals surface area contributed by atoms with Gasteiger partial charge in [-0.05, 0) is 6.04 Å². The quantitative estimate of drug-likeness (QED) is 0.337. The molecule has 0 atom stereocenters. The highest BCUT2D eigenvalue weighted by Crippen LogP contribution is 2.01. The zero-order valence-electron chi connectivity index (χ0n) is 6.08. The molecule has 0 bridgehead atoms. The minimum atomic E-state index is -2.78. The van der Waals surface area contributed by atoms with Crippen molar-refractivity contribution in [1.29, 1.82) is 0 Å². The molecular formula is C6H8BNO2S. The Hall–Kier alpha value is -0.625. The van der Waals surface area contributed by atoms with Crippen LogP contribution in [0.4, 0.5) is 0 Å². The number of nitrogens with zero attached hydrogens (tertiary/aromatic N) is 1. The van der Waals surface area contributed by atoms with E-state index in [-0.39, 0.29) is 11.5 Å². The fourth-order valence-electron chi connectivity index (χ4n) is 0.916. The summed E-state index contributed by atoms with van der Waals surface area (Å²) in [6.45, 7) is 0.957. The summed E-state index contributed by atoms with van der Waals surface area (Å²) in [6, 6.07) is 2.62. The predicted octanol–water partition coefficient (Wildman–Crippen LogP) is -1.20. The van der Waals surface area contributed by atoms with Crippen LogP contribution in [0.5, 0.6) is 0 Å². The van der Waals surface area contributed by atoms with Crippen molar-refractivity contribution in [3.05, 3.63) is 0 Å². The van der Waals surface area contributed by atoms with Crippen LogP contribution >= 0.6 is 0 Å². The van der Waals surface area contributed by atoms with E-state index < -0.39 is 9.84 Å². The van der Waals surface area contributed by atoms with Crippen molar-refractivity contribution < 1.29 is 8.42 Å². The molecule has 1 saturated heterocycles. The molecule has 11 heavy (non-hydrogen) atoms. The molecule has 0 saturated carbocycles. The van der Waals surface area contributed by atoms with Crippen LogP contribution in [0.15, 0.2) is 0 Å². The van der Waals surface area contributed by atoms with Crippen LogP contribution in [-0.4, -0.2) is 45.8 Å². The molecule has 0 amide bonds. The average molecular weight is 169 g/mol. The monoisotopic (exact) mass is 169 g/mol. The van der Waals surface area contributed by atoms with Gasteiger partial charge in [-0.2, -0.15) is 0 Å². The maximum Gasteiger partial charge on any atom is 0.190 e. The van der Waals surface area contributed by atoms with Crippen LogP contribution in [-0.2, 0) is 9.84 Å². The average Bonchev–Trinajstić information content (AvgIpc) is 1.94. The lowest BCUT2D eigenvalue weighted by Gasteiger charge is -2.22. The molecule has 0 spiro atoms. The summed E-state index contributed by atoms with van der Waals surface area (Å²) in [5.74, 6) is 2.64. The standard InChI is InChI=1S/C6H8BNO2S/c7-1-2-8-3-5-11(9,10)6-4-8/h3-6H2. The maximum atomic E-state index is 10.9. The number of hydrogen-bond acceptors (Lipinski definition) is 3. The number of rotatable bonds is 0. The Morgan fingerprint density at radius 3 is 2.27 bits per heavy atom. The first kappa shape index (κ1) is 8.47. The summed E-state index contributed by atoms with van der Waals surface area (Å²) < 4.78 is 21.8. The molecular weight excluding hydrogens is 161 g/mol. The Kier molecular flexibility index (Phi) is 2.45. The molecule has 0 N–H and O–H groups in total. The summed E-state index contributed by atoms with van der Waals surface area (Å²) in [7, 11) is 2.19. The van der Waals surface area contributed by atoms with Crippen LogP contribution in [0, 0.1) is 11.9 Å². The fraction of sp³-hybridized carbons (Fsp3) is 0.667. The second-order valence-electron chi connectivity index (χ2n) is 2.40. The van der Waals surface area contributed by atoms with Crippen molar-refractivity contribution in [3.8, 4) is 11.9 Å². The predicted molar refractivity (Wildman–Crippen MR) is 43.8 cm³/mol. The molecule has 2 radical (unpaired) electrons. The van der Waals surface area contributed by atoms with Crippen LogP contribution in [0.1, 0.15) is 0 Å². The summed E-state index contributed by atoms with van der Waals surface area (Å²) in [5, 5.41) is 0. The van der Waals surface area contributed by atoms with E-state index in [2.05, 4.69) is 11.9 Å². The van der Waals surface area contributed by atoms with Crippen molar-refractivity contribution >= 4 is 17.7 Å². The summed E-state index contributed by atoms with van der Waals surface area (Å²) in [6.07, 6.45) is 0. The molecule has 0 aliphatic carbocycles. The molecule has 0 aromatic rings. The van der Waals surface area contributed by atoms with Gasteiger partial charge < -0.3 is 4.90 Å². The smallest absolute Gasteiger partial charge is 0.190 e. The van der Waals surface area contributed by atoms with Gasteiger partial charge in [0.2, 0.25) is 0 Å². The second-order valence-corrected chi connectivity index (χ2v) is 4.70. The molecule has 1 rings (SSSR count). The van der Waals surface area contributed by atoms with Gasteiger partial charge in [-0.3, -0.25) is 0 Å². The normalized spacial score (nSPS) is 22.0. The molecule has 0 aromatic carbocycles. The summed E-state index contributed by atoms with van der Waals surface area (Å²) >= 11 is 0. The van der Waals surface area contributed by atoms with Crippen LogP contribution in [0.3, 0.4) is 0 Å². The highest BCUT2D eigenvalue weighted by Gasteiger charge is 2.19. The zero-order chi connectivity index (χ0) is 8.32. The van der Waals surface area contributed by atoms with Crippen LogP contribution < -0.4 is 0 Å². The lowest BCUT2D eigenvalue weighted by Crippen LogP contribution is -2.37. The number of hydrogen-bond donors (Lipinski definition) is 0. The van der Waals surface area contributed by atoms with Gasteiger partial charge in [0.25, 0.3) is 0 Å². The van der Waals surface area contributed by atoms with E-state index in [0.29, 0.717) is 13.1 Å². The van der Waals surface area contributed by atoms with Gasteiger partial charge in [-0.15, -0.1) is 5.82 Å². The Balaban J connectivity index is 2.53. The molecule has 1 aliphatic rings. The Bertz CT molecular complexity index is 273. The first-order valence-corrected chi connectivity index (χ1v) is 5.13. The van der Waals surface area contributed by atoms with E-state index in [0.717, 1.165) is 0 Å². The van der Waals surface area contributed by atoms with E-state index in [1.54, 1.807) is 4.90 Å². The second kappa shape index (κ2) is 3.18. The molecule has 0 aromatic heterocycles. The Morgan fingerprint density at radius 2 is 1.82 bits per heavy atom. The highest BCUT2D eigenvalue weighted by molar-refractivity contribution is 7.91. The molecule has 1 aliphatic heterocycles. The van der Waals surface area contributed by atoms with Crippen LogP contribution in [0.25, 0.3) is 0 Å². The van der Waals surface area contributed by atoms with Gasteiger partial charge in [-0.1, -0.05) is 0 Å². The molecule has 0 unspecified atom stereocenters. The van der Waals surface area contributed by atoms with E-state index in [1.165, 1.54) is 0 Å². The summed E-state index contributed by atoms with van der Waals surface area (Å²) in [5.41, 5.74) is 0. The largest absolute Gasteiger partial charge is 0.331 e. The van der Waals surface area contributed by atoms with Gasteiger partial charge >= 0.3 is 0 Å². The van der Waals surface area contributed by atoms with Crippen molar-refractivity contribution in [1.82, 2.24) is 4.90 Å². The molecule has 5 heteroatoms. The third-order valence-corrected chi connectivity index (χ3v) is 3.18. The SMILES string of the molecule is [B]C#CN1CCS(=O)(=O)CC1. The van der Waals surface area contributed by atoms with Crippen molar-refractivity contribution in [2.75, 3.05) is 24.6 Å². The minimum absolute atomic E-state index is 0.196. The van der Waals surface area contributed by atoms with Gasteiger partial charge in [0.1, 0.15) is 0 Å². The van der Waals surface area contributed by atoms with Gasteiger partial charge in [-0.25, -0.2) is 8.42 Å². The van der Waals surface area contributed by atoms with Gasteiger partial charge in [0.05, 0.1) is 11.5 Å². The Labute approximate surface area is 68.1 Å². The van der Waals surface area contributed by atoms with Crippen molar-refractivity contribution in [3.63, 3.8) is 0 Å². The van der Waals surface area contributed by atoms with Gasteiger partial charge in [0.15, 0.2) is 17.7 Å². The highest BCUT2D eigenvalue weighted by atomic mass is 32.2. The first-order valence-electron chi connectivity index (χ1n) is 3.31. The lowest BCUT2D eigenvalue weighted by atomic mass is 10.2. The third-order valence-electron chi connectivity index (χ3n) is 1.57. The molecule has 58 valence electrons. The molecule has 1 heterocycles. The van der Waals surface area contributed by atoms with Crippen molar-refractivity contribution in [2.45, 2.75) is 0 Å². The van der Waals surface area contributed by atoms with E-state index in [9.17, 15) is 8.42 Å². The van der Waals surface area contributed by atoms with Gasteiger partial charge in [0, 0.05) is 13.1 Å². The Morgan fingerprint density at radius 1 is 1.27 bits per heavy atom. The fourth-order valence-corrected chi connectivity index (χ4v) is 2.12. The number of sulfone groups is 1. The van der Waals surface area contributed by atoms with Crippen LogP contribution in [0.2, 0.25) is 0 Å². The van der Waals surface area contributed by atoms with E-state index in [1.807, 2.05) is 0 Å².